The predicted octanol–water partition coefficient (Wildman–Crippen LogP) is 4.09. The van der Waals surface area contributed by atoms with Crippen molar-refractivity contribution in [3.63, 3.8) is 0 Å². The fourth-order valence-corrected chi connectivity index (χ4v) is 7.10. The minimum absolute atomic E-state index is 0.0841. The van der Waals surface area contributed by atoms with Crippen molar-refractivity contribution in [2.45, 2.75) is 70.2 Å². The zero-order chi connectivity index (χ0) is 29.1. The summed E-state index contributed by atoms with van der Waals surface area (Å²) in [6, 6.07) is 17.0. The van der Waals surface area contributed by atoms with E-state index in [0.29, 0.717) is 29.7 Å². The number of carbonyl (C=O) groups is 2. The molecule has 4 atom stereocenters. The molecule has 0 bridgehead atoms. The molecule has 0 spiro atoms. The van der Waals surface area contributed by atoms with Crippen LogP contribution in [0.3, 0.4) is 0 Å². The van der Waals surface area contributed by atoms with Gasteiger partial charge in [-0.25, -0.2) is 18.6 Å². The molecular formula is C31H36N4O5S. The van der Waals surface area contributed by atoms with Crippen molar-refractivity contribution >= 4 is 21.8 Å². The molecule has 5 rings (SSSR count). The van der Waals surface area contributed by atoms with Gasteiger partial charge in [0.15, 0.2) is 0 Å². The number of sulfonamides is 1. The maximum absolute atomic E-state index is 14.3. The number of nitrogens with zero attached hydrogens (tertiary/aromatic N) is 2. The Hall–Kier alpha value is -3.60. The topological polar surface area (TPSA) is 118 Å². The van der Waals surface area contributed by atoms with Crippen LogP contribution in [0.15, 0.2) is 66.9 Å². The summed E-state index contributed by atoms with van der Waals surface area (Å²) in [6.45, 7) is 4.06. The fourth-order valence-electron chi connectivity index (χ4n) is 6.27. The summed E-state index contributed by atoms with van der Waals surface area (Å²) in [5, 5.41) is 0. The molecule has 2 amide bonds. The highest BCUT2D eigenvalue weighted by molar-refractivity contribution is 7.88. The van der Waals surface area contributed by atoms with Crippen molar-refractivity contribution in [1.29, 1.82) is 0 Å². The van der Waals surface area contributed by atoms with Crippen LogP contribution in [0.1, 0.15) is 75.9 Å². The number of amides is 2. The minimum Gasteiger partial charge on any atom is -0.326 e. The summed E-state index contributed by atoms with van der Waals surface area (Å²) < 4.78 is 27.5. The standard InChI is InChI=1S/C31H36N4O5S/c1-20-15-16-23(21(2)18-20)29-28(30(36)33-40-19-22-10-8-9-17-32-22)24-11-4-5-12-25(24)31(37)35(29)27-14-7-6-13-26(27)34-41(3,38)39/h4-5,8-12,15-18,26-29,34H,6-7,13-14,19H2,1-3H3,(H,33,36)/t26-,27-,28+,29-/m0/s1. The molecule has 10 heteroatoms. The van der Waals surface area contributed by atoms with E-state index in [1.807, 2.05) is 50.2 Å². The molecule has 1 fully saturated rings. The highest BCUT2D eigenvalue weighted by atomic mass is 32.2. The van der Waals surface area contributed by atoms with Gasteiger partial charge in [-0.3, -0.25) is 19.4 Å². The summed E-state index contributed by atoms with van der Waals surface area (Å²) in [5.74, 6) is -1.40. The monoisotopic (exact) mass is 576 g/mol. The molecule has 2 aliphatic rings. The zero-order valence-electron chi connectivity index (χ0n) is 23.5. The van der Waals surface area contributed by atoms with Gasteiger partial charge in [0.2, 0.25) is 10.0 Å². The highest BCUT2D eigenvalue weighted by Gasteiger charge is 2.49. The van der Waals surface area contributed by atoms with Crippen LogP contribution in [0, 0.1) is 13.8 Å². The number of aryl methyl sites for hydroxylation is 2. The van der Waals surface area contributed by atoms with Gasteiger partial charge in [0.05, 0.1) is 23.9 Å². The van der Waals surface area contributed by atoms with Gasteiger partial charge in [-0.15, -0.1) is 0 Å². The first-order valence-electron chi connectivity index (χ1n) is 13.9. The van der Waals surface area contributed by atoms with Crippen molar-refractivity contribution in [2.24, 2.45) is 0 Å². The SMILES string of the molecule is Cc1ccc([C@H]2[C@H](C(=O)NOCc3ccccn3)c3ccccc3C(=O)N2[C@H]2CCCC[C@@H]2NS(C)(=O)=O)c(C)c1. The number of hydrogen-bond acceptors (Lipinski definition) is 6. The maximum Gasteiger partial charge on any atom is 0.255 e. The molecule has 1 aliphatic heterocycles. The van der Waals surface area contributed by atoms with Crippen molar-refractivity contribution in [2.75, 3.05) is 6.26 Å². The van der Waals surface area contributed by atoms with Gasteiger partial charge in [0, 0.05) is 23.8 Å². The first-order valence-corrected chi connectivity index (χ1v) is 15.8. The van der Waals surface area contributed by atoms with E-state index >= 15 is 0 Å². The third-order valence-corrected chi connectivity index (χ3v) is 8.70. The Morgan fingerprint density at radius 2 is 1.78 bits per heavy atom. The Balaban J connectivity index is 1.60. The molecule has 41 heavy (non-hydrogen) atoms. The first kappa shape index (κ1) is 28.9. The van der Waals surface area contributed by atoms with Crippen LogP contribution in [-0.2, 0) is 26.3 Å². The Morgan fingerprint density at radius 3 is 2.51 bits per heavy atom. The smallest absolute Gasteiger partial charge is 0.255 e. The van der Waals surface area contributed by atoms with Gasteiger partial charge in [-0.1, -0.05) is 60.9 Å². The van der Waals surface area contributed by atoms with Gasteiger partial charge >= 0.3 is 0 Å². The molecule has 1 aromatic heterocycles. The maximum atomic E-state index is 14.3. The van der Waals surface area contributed by atoms with Crippen LogP contribution in [0.4, 0.5) is 0 Å². The van der Waals surface area contributed by atoms with Crippen LogP contribution in [0.25, 0.3) is 0 Å². The van der Waals surface area contributed by atoms with Crippen molar-refractivity contribution in [1.82, 2.24) is 20.1 Å². The Kier molecular flexibility index (Phi) is 8.53. The van der Waals surface area contributed by atoms with Crippen LogP contribution < -0.4 is 10.2 Å². The summed E-state index contributed by atoms with van der Waals surface area (Å²) in [7, 11) is -3.53. The second-order valence-corrected chi connectivity index (χ2v) is 12.8. The molecule has 1 aliphatic carbocycles. The number of hydrogen-bond donors (Lipinski definition) is 2. The van der Waals surface area contributed by atoms with Crippen LogP contribution in [0.5, 0.6) is 0 Å². The van der Waals surface area contributed by atoms with Crippen LogP contribution in [-0.4, -0.2) is 48.5 Å². The average Bonchev–Trinajstić information content (AvgIpc) is 2.93. The molecule has 1 saturated carbocycles. The Morgan fingerprint density at radius 1 is 1.02 bits per heavy atom. The van der Waals surface area contributed by atoms with Gasteiger partial charge < -0.3 is 4.90 Å². The first-order chi connectivity index (χ1) is 19.6. The number of benzene rings is 2. The van der Waals surface area contributed by atoms with E-state index in [9.17, 15) is 18.0 Å². The number of pyridine rings is 1. The lowest BCUT2D eigenvalue weighted by Gasteiger charge is -2.49. The number of fused-ring (bicyclic) bond motifs is 1. The molecule has 2 aromatic carbocycles. The van der Waals surface area contributed by atoms with Gasteiger partial charge in [-0.2, -0.15) is 0 Å². The minimum atomic E-state index is -3.53. The van der Waals surface area contributed by atoms with E-state index in [0.717, 1.165) is 35.8 Å². The second-order valence-electron chi connectivity index (χ2n) is 11.0. The summed E-state index contributed by atoms with van der Waals surface area (Å²) in [4.78, 5) is 40.0. The molecule has 9 nitrogen and oxygen atoms in total. The van der Waals surface area contributed by atoms with Crippen LogP contribution in [0.2, 0.25) is 0 Å². The lowest BCUT2D eigenvalue weighted by molar-refractivity contribution is -0.138. The fraction of sp³-hybridized carbons (Fsp3) is 0.387. The third-order valence-electron chi connectivity index (χ3n) is 7.97. The molecule has 0 saturated heterocycles. The predicted molar refractivity (Wildman–Crippen MR) is 155 cm³/mol. The summed E-state index contributed by atoms with van der Waals surface area (Å²) in [5.41, 5.74) is 7.19. The van der Waals surface area contributed by atoms with Crippen molar-refractivity contribution in [3.05, 3.63) is 100 Å². The molecule has 0 unspecified atom stereocenters. The summed E-state index contributed by atoms with van der Waals surface area (Å²) in [6.07, 6.45) is 5.72. The van der Waals surface area contributed by atoms with Gasteiger partial charge in [0.1, 0.15) is 6.61 Å². The highest BCUT2D eigenvalue weighted by Crippen LogP contribution is 2.46. The number of aromatic nitrogens is 1. The number of nitrogens with one attached hydrogen (secondary N) is 2. The molecule has 216 valence electrons. The Bertz CT molecular complexity index is 1530. The van der Waals surface area contributed by atoms with E-state index in [1.165, 1.54) is 0 Å². The second kappa shape index (κ2) is 12.1. The van der Waals surface area contributed by atoms with E-state index < -0.39 is 34.1 Å². The Labute approximate surface area is 241 Å². The van der Waals surface area contributed by atoms with Crippen molar-refractivity contribution in [3.8, 4) is 0 Å². The molecule has 2 heterocycles. The number of hydroxylamine groups is 1. The number of carbonyl (C=O) groups excluding carboxylic acids is 2. The molecule has 3 aromatic rings. The van der Waals surface area contributed by atoms with Crippen molar-refractivity contribution < 1.29 is 22.8 Å². The van der Waals surface area contributed by atoms with Crippen LogP contribution >= 0.6 is 0 Å². The molecular weight excluding hydrogens is 540 g/mol. The normalized spacial score (nSPS) is 22.7. The van der Waals surface area contributed by atoms with E-state index in [4.69, 9.17) is 4.84 Å². The van der Waals surface area contributed by atoms with E-state index in [2.05, 4.69) is 15.2 Å². The summed E-state index contributed by atoms with van der Waals surface area (Å²) >= 11 is 0. The zero-order valence-corrected chi connectivity index (χ0v) is 24.4. The van der Waals surface area contributed by atoms with E-state index in [-0.39, 0.29) is 18.4 Å². The largest absolute Gasteiger partial charge is 0.326 e. The van der Waals surface area contributed by atoms with Gasteiger partial charge in [-0.05, 0) is 61.6 Å². The average molecular weight is 577 g/mol. The molecule has 2 N–H and O–H groups in total. The quantitative estimate of drug-likeness (QED) is 0.390. The lowest BCUT2D eigenvalue weighted by atomic mass is 9.75. The van der Waals surface area contributed by atoms with Gasteiger partial charge in [0.25, 0.3) is 11.8 Å². The number of rotatable bonds is 8. The lowest BCUT2D eigenvalue weighted by Crippen LogP contribution is -2.59. The van der Waals surface area contributed by atoms with E-state index in [1.54, 1.807) is 35.4 Å². The molecule has 0 radical (unpaired) electrons. The third kappa shape index (κ3) is 6.34.